The molecule has 1 saturated heterocycles. The van der Waals surface area contributed by atoms with E-state index in [-0.39, 0.29) is 17.5 Å². The normalized spacial score (nSPS) is 17.9. The number of piperazine rings is 1. The van der Waals surface area contributed by atoms with Crippen LogP contribution in [0.4, 0.5) is 8.78 Å². The Morgan fingerprint density at radius 3 is 2.43 bits per heavy atom. The van der Waals surface area contributed by atoms with E-state index in [0.717, 1.165) is 32.7 Å². The highest BCUT2D eigenvalue weighted by Gasteiger charge is 2.24. The molecule has 0 radical (unpaired) electrons. The summed E-state index contributed by atoms with van der Waals surface area (Å²) in [6, 6.07) is 4.30. The highest BCUT2D eigenvalue weighted by Crippen LogP contribution is 2.25. The SMILES string of the molecule is CCN1CCN(C[C@H](C(C)=O)c2ccc(OCF)c(F)c2)CC1. The Balaban J connectivity index is 2.07. The molecule has 0 aliphatic carbocycles. The van der Waals surface area contributed by atoms with Crippen molar-refractivity contribution < 1.29 is 18.3 Å². The van der Waals surface area contributed by atoms with Crippen LogP contribution in [0.2, 0.25) is 0 Å². The van der Waals surface area contributed by atoms with Crippen LogP contribution in [0, 0.1) is 5.82 Å². The molecule has 1 aromatic rings. The van der Waals surface area contributed by atoms with Crippen molar-refractivity contribution in [1.82, 2.24) is 9.80 Å². The maximum atomic E-state index is 13.9. The third-order valence-corrected chi connectivity index (χ3v) is 4.41. The number of carbonyl (C=O) groups excluding carboxylic acids is 1. The maximum absolute atomic E-state index is 13.9. The molecule has 0 spiro atoms. The fourth-order valence-electron chi connectivity index (χ4n) is 2.92. The first-order valence-corrected chi connectivity index (χ1v) is 7.98. The van der Waals surface area contributed by atoms with E-state index in [2.05, 4.69) is 21.5 Å². The van der Waals surface area contributed by atoms with Gasteiger partial charge in [0.25, 0.3) is 0 Å². The molecule has 0 saturated carbocycles. The average molecular weight is 326 g/mol. The molecule has 1 aliphatic rings. The molecule has 0 aromatic heterocycles. The number of hydrogen-bond acceptors (Lipinski definition) is 4. The van der Waals surface area contributed by atoms with Gasteiger partial charge in [0.05, 0.1) is 5.92 Å². The van der Waals surface area contributed by atoms with Gasteiger partial charge in [-0.15, -0.1) is 0 Å². The molecule has 1 atom stereocenters. The number of likely N-dealkylation sites (N-methyl/N-ethyl adjacent to an activating group) is 1. The van der Waals surface area contributed by atoms with Gasteiger partial charge in [0.2, 0.25) is 6.86 Å². The predicted octanol–water partition coefficient (Wildman–Crippen LogP) is 2.44. The van der Waals surface area contributed by atoms with Gasteiger partial charge in [0.15, 0.2) is 11.6 Å². The van der Waals surface area contributed by atoms with Gasteiger partial charge >= 0.3 is 0 Å². The summed E-state index contributed by atoms with van der Waals surface area (Å²) in [6.45, 7) is 7.98. The van der Waals surface area contributed by atoms with Crippen molar-refractivity contribution in [3.63, 3.8) is 0 Å². The summed E-state index contributed by atoms with van der Waals surface area (Å²) in [5, 5.41) is 0. The summed E-state index contributed by atoms with van der Waals surface area (Å²) in [6.07, 6.45) is 0. The quantitative estimate of drug-likeness (QED) is 0.770. The van der Waals surface area contributed by atoms with Crippen LogP contribution in [-0.2, 0) is 4.79 Å². The monoisotopic (exact) mass is 326 g/mol. The molecule has 0 N–H and O–H groups in total. The second kappa shape index (κ2) is 8.36. The number of ketones is 1. The second-order valence-corrected chi connectivity index (χ2v) is 5.84. The van der Waals surface area contributed by atoms with Gasteiger partial charge < -0.3 is 9.64 Å². The van der Waals surface area contributed by atoms with E-state index in [1.54, 1.807) is 6.07 Å². The minimum Gasteiger partial charge on any atom is -0.460 e. The number of Topliss-reactive ketones (excluding diaryl/α,β-unsaturated/α-hetero) is 1. The average Bonchev–Trinajstić information content (AvgIpc) is 2.55. The number of halogens is 2. The van der Waals surface area contributed by atoms with Gasteiger partial charge in [-0.1, -0.05) is 13.0 Å². The first-order valence-electron chi connectivity index (χ1n) is 7.98. The van der Waals surface area contributed by atoms with Crippen LogP contribution in [0.15, 0.2) is 18.2 Å². The van der Waals surface area contributed by atoms with E-state index < -0.39 is 12.7 Å². The van der Waals surface area contributed by atoms with Crippen molar-refractivity contribution in [1.29, 1.82) is 0 Å². The maximum Gasteiger partial charge on any atom is 0.228 e. The molecule has 2 rings (SSSR count). The third-order valence-electron chi connectivity index (χ3n) is 4.41. The van der Waals surface area contributed by atoms with Crippen molar-refractivity contribution in [3.05, 3.63) is 29.6 Å². The Hall–Kier alpha value is -1.53. The molecule has 1 aliphatic heterocycles. The van der Waals surface area contributed by atoms with Gasteiger partial charge in [-0.3, -0.25) is 9.69 Å². The number of rotatable bonds is 7. The third kappa shape index (κ3) is 4.72. The first-order chi connectivity index (χ1) is 11.0. The Morgan fingerprint density at radius 2 is 1.91 bits per heavy atom. The predicted molar refractivity (Wildman–Crippen MR) is 85.0 cm³/mol. The van der Waals surface area contributed by atoms with Crippen molar-refractivity contribution >= 4 is 5.78 Å². The minimum atomic E-state index is -1.08. The Labute approximate surface area is 136 Å². The summed E-state index contributed by atoms with van der Waals surface area (Å²) in [7, 11) is 0. The minimum absolute atomic E-state index is 0.00137. The van der Waals surface area contributed by atoms with Crippen molar-refractivity contribution in [2.45, 2.75) is 19.8 Å². The fourth-order valence-corrected chi connectivity index (χ4v) is 2.92. The molecule has 23 heavy (non-hydrogen) atoms. The molecule has 4 nitrogen and oxygen atoms in total. The number of benzene rings is 1. The number of hydrogen-bond donors (Lipinski definition) is 0. The molecular formula is C17H24F2N2O2. The van der Waals surface area contributed by atoms with Crippen LogP contribution in [0.1, 0.15) is 25.3 Å². The van der Waals surface area contributed by atoms with Crippen LogP contribution in [-0.4, -0.2) is 61.7 Å². The molecule has 6 heteroatoms. The Morgan fingerprint density at radius 1 is 1.26 bits per heavy atom. The lowest BCUT2D eigenvalue weighted by Gasteiger charge is -2.35. The summed E-state index contributed by atoms with van der Waals surface area (Å²) >= 11 is 0. The van der Waals surface area contributed by atoms with E-state index >= 15 is 0 Å². The lowest BCUT2D eigenvalue weighted by Crippen LogP contribution is -2.47. The fraction of sp³-hybridized carbons (Fsp3) is 0.588. The van der Waals surface area contributed by atoms with E-state index in [1.165, 1.54) is 19.1 Å². The van der Waals surface area contributed by atoms with Gasteiger partial charge in [-0.2, -0.15) is 0 Å². The second-order valence-electron chi connectivity index (χ2n) is 5.84. The molecule has 0 bridgehead atoms. The van der Waals surface area contributed by atoms with Crippen LogP contribution in [0.5, 0.6) is 5.75 Å². The highest BCUT2D eigenvalue weighted by atomic mass is 19.1. The zero-order valence-corrected chi connectivity index (χ0v) is 13.7. The van der Waals surface area contributed by atoms with Crippen LogP contribution in [0.25, 0.3) is 0 Å². The summed E-state index contributed by atoms with van der Waals surface area (Å²) < 4.78 is 30.6. The van der Waals surface area contributed by atoms with Crippen molar-refractivity contribution in [2.24, 2.45) is 0 Å². The number of ether oxygens (including phenoxy) is 1. The molecule has 1 fully saturated rings. The Bertz CT molecular complexity index is 531. The molecule has 1 aromatic carbocycles. The van der Waals surface area contributed by atoms with Crippen LogP contribution < -0.4 is 4.74 Å². The molecular weight excluding hydrogens is 302 g/mol. The van der Waals surface area contributed by atoms with E-state index in [0.29, 0.717) is 12.1 Å². The van der Waals surface area contributed by atoms with Gasteiger partial charge in [0, 0.05) is 32.7 Å². The summed E-state index contributed by atoms with van der Waals surface area (Å²) in [5.41, 5.74) is 0.610. The molecule has 0 amide bonds. The van der Waals surface area contributed by atoms with E-state index in [1.807, 2.05) is 0 Å². The molecule has 0 unspecified atom stereocenters. The van der Waals surface area contributed by atoms with Crippen LogP contribution in [0.3, 0.4) is 0 Å². The lowest BCUT2D eigenvalue weighted by molar-refractivity contribution is -0.119. The first kappa shape index (κ1) is 17.8. The number of carbonyl (C=O) groups is 1. The summed E-state index contributed by atoms with van der Waals surface area (Å²) in [4.78, 5) is 16.6. The highest BCUT2D eigenvalue weighted by molar-refractivity contribution is 5.83. The van der Waals surface area contributed by atoms with Gasteiger partial charge in [-0.05, 0) is 31.2 Å². The van der Waals surface area contributed by atoms with Gasteiger partial charge in [-0.25, -0.2) is 8.78 Å². The summed E-state index contributed by atoms with van der Waals surface area (Å²) in [5.74, 6) is -1.14. The van der Waals surface area contributed by atoms with Crippen molar-refractivity contribution in [2.75, 3.05) is 46.1 Å². The van der Waals surface area contributed by atoms with E-state index in [4.69, 9.17) is 0 Å². The Kier molecular flexibility index (Phi) is 6.47. The number of nitrogens with zero attached hydrogens (tertiary/aromatic N) is 2. The smallest absolute Gasteiger partial charge is 0.228 e. The zero-order valence-electron chi connectivity index (χ0n) is 13.7. The van der Waals surface area contributed by atoms with Crippen molar-refractivity contribution in [3.8, 4) is 5.75 Å². The lowest BCUT2D eigenvalue weighted by atomic mass is 9.94. The van der Waals surface area contributed by atoms with Gasteiger partial charge in [0.1, 0.15) is 5.78 Å². The molecule has 128 valence electrons. The van der Waals surface area contributed by atoms with E-state index in [9.17, 15) is 13.6 Å². The largest absolute Gasteiger partial charge is 0.460 e. The number of alkyl halides is 1. The molecule has 1 heterocycles. The van der Waals surface area contributed by atoms with Crippen LogP contribution >= 0.6 is 0 Å². The standard InChI is InChI=1S/C17H24F2N2O2/c1-3-20-6-8-21(9-7-20)11-15(13(2)22)14-4-5-17(23-12-18)16(19)10-14/h4-5,10,15H,3,6-9,11-12H2,1-2H3/t15-/m1/s1. The topological polar surface area (TPSA) is 32.8 Å². The zero-order chi connectivity index (χ0) is 16.8.